The standard InChI is InChI=1S/C33H38N2O7S/c1-5-8-10-19-41-24-16-14-22(15-17-24)27-26(28(36)23-12-11-13-25(20-23)42-18-9-6-2)29(37)31(38)35(27)33-34-21(4)30(43-33)32(39)40-7-3/h11-17,20,27,36H,5-10,18-19H2,1-4H3. The second-order valence-corrected chi connectivity index (χ2v) is 11.1. The molecule has 2 aromatic carbocycles. The summed E-state index contributed by atoms with van der Waals surface area (Å²) in [5.41, 5.74) is 1.21. The Bertz CT molecular complexity index is 1480. The third kappa shape index (κ3) is 7.25. The number of rotatable bonds is 14. The van der Waals surface area contributed by atoms with Crippen LogP contribution in [0.15, 0.2) is 54.1 Å². The number of carbonyl (C=O) groups excluding carboxylic acids is 3. The second-order valence-electron chi connectivity index (χ2n) is 10.2. The summed E-state index contributed by atoms with van der Waals surface area (Å²) in [6, 6.07) is 12.9. The Kier molecular flexibility index (Phi) is 10.9. The largest absolute Gasteiger partial charge is 0.507 e. The van der Waals surface area contributed by atoms with E-state index in [0.717, 1.165) is 43.4 Å². The summed E-state index contributed by atoms with van der Waals surface area (Å²) in [5.74, 6) is -1.39. The number of hydrogen-bond acceptors (Lipinski definition) is 9. The van der Waals surface area contributed by atoms with Crippen LogP contribution < -0.4 is 14.4 Å². The van der Waals surface area contributed by atoms with Gasteiger partial charge in [-0.1, -0.05) is 68.7 Å². The van der Waals surface area contributed by atoms with Crippen molar-refractivity contribution in [3.8, 4) is 11.5 Å². The van der Waals surface area contributed by atoms with Gasteiger partial charge in [-0.2, -0.15) is 0 Å². The molecule has 1 aliphatic rings. The van der Waals surface area contributed by atoms with Crippen molar-refractivity contribution in [2.75, 3.05) is 24.7 Å². The van der Waals surface area contributed by atoms with Crippen LogP contribution in [-0.4, -0.2) is 47.6 Å². The summed E-state index contributed by atoms with van der Waals surface area (Å²) in [6.07, 6.45) is 4.94. The number of ether oxygens (including phenoxy) is 3. The van der Waals surface area contributed by atoms with Gasteiger partial charge in [-0.25, -0.2) is 9.78 Å². The molecule has 9 nitrogen and oxygen atoms in total. The van der Waals surface area contributed by atoms with Crippen molar-refractivity contribution in [1.29, 1.82) is 0 Å². The number of amides is 1. The number of aryl methyl sites for hydroxylation is 1. The minimum atomic E-state index is -1.00. The zero-order valence-corrected chi connectivity index (χ0v) is 25.9. The number of ketones is 1. The van der Waals surface area contributed by atoms with Gasteiger partial charge < -0.3 is 19.3 Å². The normalized spacial score (nSPS) is 16.0. The lowest BCUT2D eigenvalue weighted by molar-refractivity contribution is -0.132. The molecule has 4 rings (SSSR count). The summed E-state index contributed by atoms with van der Waals surface area (Å²) >= 11 is 0.969. The zero-order chi connectivity index (χ0) is 30.9. The Labute approximate surface area is 256 Å². The Hall–Kier alpha value is -4.18. The fraction of sp³-hybridized carbons (Fsp3) is 0.394. The van der Waals surface area contributed by atoms with Gasteiger partial charge in [-0.05, 0) is 56.5 Å². The third-order valence-electron chi connectivity index (χ3n) is 6.98. The highest BCUT2D eigenvalue weighted by molar-refractivity contribution is 7.17. The van der Waals surface area contributed by atoms with Crippen LogP contribution in [0.4, 0.5) is 5.13 Å². The molecule has 2 heterocycles. The van der Waals surface area contributed by atoms with Crippen LogP contribution in [0.25, 0.3) is 5.76 Å². The van der Waals surface area contributed by atoms with Crippen molar-refractivity contribution >= 4 is 39.9 Å². The zero-order valence-electron chi connectivity index (χ0n) is 25.1. The third-order valence-corrected chi connectivity index (χ3v) is 8.12. The highest BCUT2D eigenvalue weighted by Gasteiger charge is 2.48. The molecule has 1 N–H and O–H groups in total. The number of aromatic nitrogens is 1. The first kappa shape index (κ1) is 31.7. The molecule has 1 unspecified atom stereocenters. The van der Waals surface area contributed by atoms with Crippen LogP contribution in [0.2, 0.25) is 0 Å². The summed E-state index contributed by atoms with van der Waals surface area (Å²) in [5, 5.41) is 11.7. The van der Waals surface area contributed by atoms with Gasteiger partial charge >= 0.3 is 11.9 Å². The number of nitrogens with zero attached hydrogens (tertiary/aromatic N) is 2. The van der Waals surface area contributed by atoms with E-state index in [2.05, 4.69) is 18.8 Å². The number of aliphatic hydroxyl groups excluding tert-OH is 1. The molecule has 0 bridgehead atoms. The Morgan fingerprint density at radius 2 is 1.65 bits per heavy atom. The van der Waals surface area contributed by atoms with Crippen molar-refractivity contribution in [2.24, 2.45) is 0 Å². The van der Waals surface area contributed by atoms with Crippen LogP contribution in [0.5, 0.6) is 11.5 Å². The molecule has 1 amide bonds. The fourth-order valence-electron chi connectivity index (χ4n) is 4.73. The predicted molar refractivity (Wildman–Crippen MR) is 166 cm³/mol. The lowest BCUT2D eigenvalue weighted by Crippen LogP contribution is -2.29. The van der Waals surface area contributed by atoms with E-state index in [0.29, 0.717) is 41.5 Å². The van der Waals surface area contributed by atoms with Crippen molar-refractivity contribution in [3.05, 3.63) is 75.8 Å². The molecule has 0 spiro atoms. The van der Waals surface area contributed by atoms with E-state index in [4.69, 9.17) is 14.2 Å². The maximum absolute atomic E-state index is 13.6. The van der Waals surface area contributed by atoms with Gasteiger partial charge in [0, 0.05) is 5.56 Å². The lowest BCUT2D eigenvalue weighted by atomic mass is 9.95. The average molecular weight is 607 g/mol. The van der Waals surface area contributed by atoms with E-state index in [9.17, 15) is 19.5 Å². The quantitative estimate of drug-likeness (QED) is 0.0686. The lowest BCUT2D eigenvalue weighted by Gasteiger charge is -2.23. The second kappa shape index (κ2) is 14.8. The van der Waals surface area contributed by atoms with Crippen molar-refractivity contribution in [1.82, 2.24) is 4.98 Å². The maximum Gasteiger partial charge on any atom is 0.350 e. The number of esters is 1. The summed E-state index contributed by atoms with van der Waals surface area (Å²) in [4.78, 5) is 45.7. The van der Waals surface area contributed by atoms with Crippen LogP contribution in [0.3, 0.4) is 0 Å². The van der Waals surface area contributed by atoms with Crippen LogP contribution in [0, 0.1) is 6.92 Å². The number of aliphatic hydroxyl groups is 1. The molecule has 1 fully saturated rings. The highest BCUT2D eigenvalue weighted by atomic mass is 32.1. The first-order chi connectivity index (χ1) is 20.8. The van der Waals surface area contributed by atoms with Gasteiger partial charge in [-0.3, -0.25) is 14.5 Å². The van der Waals surface area contributed by atoms with E-state index >= 15 is 0 Å². The fourth-order valence-corrected chi connectivity index (χ4v) is 5.72. The van der Waals surface area contributed by atoms with Gasteiger partial charge in [0.1, 0.15) is 22.1 Å². The van der Waals surface area contributed by atoms with Gasteiger partial charge in [0.2, 0.25) is 0 Å². The number of hydrogen-bond donors (Lipinski definition) is 1. The van der Waals surface area contributed by atoms with E-state index < -0.39 is 23.7 Å². The van der Waals surface area contributed by atoms with E-state index in [1.165, 1.54) is 4.90 Å². The summed E-state index contributed by atoms with van der Waals surface area (Å²) < 4.78 is 16.8. The number of carbonyl (C=O) groups is 3. The van der Waals surface area contributed by atoms with Gasteiger partial charge in [0.15, 0.2) is 5.13 Å². The van der Waals surface area contributed by atoms with E-state index in [1.54, 1.807) is 62.4 Å². The summed E-state index contributed by atoms with van der Waals surface area (Å²) in [6.45, 7) is 8.82. The number of Topliss-reactive ketones (excluding diaryl/α,β-unsaturated/α-hetero) is 1. The van der Waals surface area contributed by atoms with Crippen LogP contribution in [0.1, 0.15) is 85.4 Å². The Morgan fingerprint density at radius 1 is 0.953 bits per heavy atom. The van der Waals surface area contributed by atoms with Crippen molar-refractivity contribution in [3.63, 3.8) is 0 Å². The smallest absolute Gasteiger partial charge is 0.350 e. The topological polar surface area (TPSA) is 115 Å². The van der Waals surface area contributed by atoms with E-state index in [1.807, 2.05) is 0 Å². The molecule has 10 heteroatoms. The minimum Gasteiger partial charge on any atom is -0.507 e. The Balaban J connectivity index is 1.78. The maximum atomic E-state index is 13.6. The van der Waals surface area contributed by atoms with Crippen LogP contribution >= 0.6 is 11.3 Å². The highest BCUT2D eigenvalue weighted by Crippen LogP contribution is 2.44. The van der Waals surface area contributed by atoms with Gasteiger partial charge in [-0.15, -0.1) is 0 Å². The molecule has 3 aromatic rings. The molecule has 1 saturated heterocycles. The van der Waals surface area contributed by atoms with Gasteiger partial charge in [0.05, 0.1) is 37.1 Å². The van der Waals surface area contributed by atoms with Crippen LogP contribution in [-0.2, 0) is 14.3 Å². The number of thiazole rings is 1. The Morgan fingerprint density at radius 3 is 2.35 bits per heavy atom. The minimum absolute atomic E-state index is 0.0853. The number of unbranched alkanes of at least 4 members (excludes halogenated alkanes) is 3. The van der Waals surface area contributed by atoms with Crippen molar-refractivity contribution < 1.29 is 33.7 Å². The summed E-state index contributed by atoms with van der Waals surface area (Å²) in [7, 11) is 0. The molecular formula is C33H38N2O7S. The van der Waals surface area contributed by atoms with Crippen molar-refractivity contribution in [2.45, 2.75) is 65.8 Å². The predicted octanol–water partition coefficient (Wildman–Crippen LogP) is 7.00. The monoisotopic (exact) mass is 606 g/mol. The first-order valence-electron chi connectivity index (χ1n) is 14.7. The SMILES string of the molecule is CCCCCOc1ccc(C2C(=C(O)c3cccc(OCCCC)c3)C(=O)C(=O)N2c2nc(C)c(C(=O)OCC)s2)cc1. The molecule has 0 saturated carbocycles. The molecule has 1 aliphatic heterocycles. The number of anilines is 1. The molecule has 1 atom stereocenters. The molecule has 1 aromatic heterocycles. The first-order valence-corrected chi connectivity index (χ1v) is 15.5. The molecule has 228 valence electrons. The molecule has 0 radical (unpaired) electrons. The number of benzene rings is 2. The van der Waals surface area contributed by atoms with E-state index in [-0.39, 0.29) is 27.9 Å². The molecule has 0 aliphatic carbocycles. The van der Waals surface area contributed by atoms with Gasteiger partial charge in [0.25, 0.3) is 5.78 Å². The molecular weight excluding hydrogens is 568 g/mol. The average Bonchev–Trinajstić information content (AvgIpc) is 3.52. The molecule has 43 heavy (non-hydrogen) atoms.